The monoisotopic (exact) mass is 451 g/mol. The lowest BCUT2D eigenvalue weighted by atomic mass is 10.1. The van der Waals surface area contributed by atoms with Gasteiger partial charge in [-0.15, -0.1) is 24.0 Å². The Bertz CT molecular complexity index is 532. The smallest absolute Gasteiger partial charge is 0.194 e. The van der Waals surface area contributed by atoms with Gasteiger partial charge < -0.3 is 20.1 Å². The maximum absolute atomic E-state index is 10.2. The minimum absolute atomic E-state index is 0. The predicted molar refractivity (Wildman–Crippen MR) is 106 cm³/mol. The van der Waals surface area contributed by atoms with Gasteiger partial charge >= 0.3 is 0 Å². The second kappa shape index (κ2) is 9.57. The summed E-state index contributed by atoms with van der Waals surface area (Å²) in [7, 11) is 1.91. The Morgan fingerprint density at radius 1 is 1.54 bits per heavy atom. The molecule has 2 unspecified atom stereocenters. The molecule has 2 N–H and O–H groups in total. The first-order valence-corrected chi connectivity index (χ1v) is 8.31. The van der Waals surface area contributed by atoms with E-state index in [9.17, 15) is 5.11 Å². The number of ether oxygens (including phenoxy) is 1. The Morgan fingerprint density at radius 2 is 2.29 bits per heavy atom. The van der Waals surface area contributed by atoms with E-state index in [0.717, 1.165) is 31.2 Å². The van der Waals surface area contributed by atoms with Gasteiger partial charge in [-0.1, -0.05) is 6.92 Å². The van der Waals surface area contributed by atoms with Crippen molar-refractivity contribution in [3.63, 3.8) is 0 Å². The average molecular weight is 451 g/mol. The molecule has 7 nitrogen and oxygen atoms in total. The van der Waals surface area contributed by atoms with E-state index >= 15 is 0 Å². The van der Waals surface area contributed by atoms with Crippen LogP contribution in [-0.2, 0) is 11.8 Å². The summed E-state index contributed by atoms with van der Waals surface area (Å²) >= 11 is 0. The molecule has 2 heterocycles. The zero-order chi connectivity index (χ0) is 16.9. The molecule has 1 aromatic heterocycles. The lowest BCUT2D eigenvalue weighted by Gasteiger charge is -2.35. The highest BCUT2D eigenvalue weighted by atomic mass is 127. The molecule has 0 spiro atoms. The Kier molecular flexibility index (Phi) is 8.44. The number of nitrogens with zero attached hydrogens (tertiary/aromatic N) is 4. The van der Waals surface area contributed by atoms with Crippen molar-refractivity contribution in [3.8, 4) is 0 Å². The standard InChI is InChI=1S/C16H29N5O2.HI/c1-5-16(3,22)12-18-15(17-6-2)21-7-8-23-14(11-21)13-9-19-20(4)10-13;/h9-10,14,22H,5-8,11-12H2,1-4H3,(H,17,18);1H. The maximum atomic E-state index is 10.2. The van der Waals surface area contributed by atoms with Crippen molar-refractivity contribution in [1.29, 1.82) is 0 Å². The molecule has 1 aromatic rings. The number of aromatic nitrogens is 2. The van der Waals surface area contributed by atoms with Gasteiger partial charge in [0.1, 0.15) is 6.10 Å². The van der Waals surface area contributed by atoms with Crippen LogP contribution in [-0.4, -0.2) is 64.1 Å². The van der Waals surface area contributed by atoms with E-state index in [1.54, 1.807) is 4.68 Å². The van der Waals surface area contributed by atoms with E-state index in [1.807, 2.05) is 40.2 Å². The quantitative estimate of drug-likeness (QED) is 0.404. The number of halogens is 1. The van der Waals surface area contributed by atoms with Gasteiger partial charge in [-0.05, 0) is 20.3 Å². The van der Waals surface area contributed by atoms with Gasteiger partial charge in [0.05, 0.1) is 31.5 Å². The minimum Gasteiger partial charge on any atom is -0.388 e. The predicted octanol–water partition coefficient (Wildman–Crippen LogP) is 1.54. The van der Waals surface area contributed by atoms with Gasteiger partial charge in [0.15, 0.2) is 5.96 Å². The van der Waals surface area contributed by atoms with Crippen LogP contribution in [0.4, 0.5) is 0 Å². The Labute approximate surface area is 161 Å². The van der Waals surface area contributed by atoms with Crippen molar-refractivity contribution < 1.29 is 9.84 Å². The molecule has 1 fully saturated rings. The Balaban J connectivity index is 0.00000288. The summed E-state index contributed by atoms with van der Waals surface area (Å²) in [6.07, 6.45) is 4.50. The van der Waals surface area contributed by atoms with Gasteiger partial charge in [-0.2, -0.15) is 5.10 Å². The molecule has 1 aliphatic rings. The number of aliphatic imine (C=N–C) groups is 1. The average Bonchev–Trinajstić information content (AvgIpc) is 2.98. The van der Waals surface area contributed by atoms with E-state index < -0.39 is 5.60 Å². The van der Waals surface area contributed by atoms with Crippen LogP contribution < -0.4 is 5.32 Å². The van der Waals surface area contributed by atoms with Crippen LogP contribution in [0.2, 0.25) is 0 Å². The molecule has 1 saturated heterocycles. The zero-order valence-electron chi connectivity index (χ0n) is 15.0. The van der Waals surface area contributed by atoms with E-state index in [1.165, 1.54) is 0 Å². The summed E-state index contributed by atoms with van der Waals surface area (Å²) in [5, 5.41) is 17.7. The largest absolute Gasteiger partial charge is 0.388 e. The van der Waals surface area contributed by atoms with Gasteiger partial charge in [0.25, 0.3) is 0 Å². The van der Waals surface area contributed by atoms with Crippen LogP contribution in [0.5, 0.6) is 0 Å². The van der Waals surface area contributed by atoms with Gasteiger partial charge in [-0.3, -0.25) is 9.67 Å². The number of aliphatic hydroxyl groups is 1. The number of hydrogen-bond donors (Lipinski definition) is 2. The Morgan fingerprint density at radius 3 is 2.88 bits per heavy atom. The summed E-state index contributed by atoms with van der Waals surface area (Å²) in [5.41, 5.74) is 0.309. The number of guanidine groups is 1. The SMILES string of the molecule is CCNC(=NCC(C)(O)CC)N1CCOC(c2cnn(C)c2)C1.I. The van der Waals surface area contributed by atoms with Crippen LogP contribution in [0.1, 0.15) is 38.9 Å². The lowest BCUT2D eigenvalue weighted by molar-refractivity contribution is -0.00830. The molecule has 2 rings (SSSR count). The molecular formula is C16H30IN5O2. The van der Waals surface area contributed by atoms with E-state index in [0.29, 0.717) is 19.6 Å². The fourth-order valence-electron chi connectivity index (χ4n) is 2.43. The second-order valence-electron chi connectivity index (χ2n) is 6.27. The fraction of sp³-hybridized carbons (Fsp3) is 0.750. The number of hydrogen-bond acceptors (Lipinski definition) is 4. The number of aryl methyl sites for hydroxylation is 1. The van der Waals surface area contributed by atoms with Gasteiger partial charge in [-0.25, -0.2) is 0 Å². The second-order valence-corrected chi connectivity index (χ2v) is 6.27. The van der Waals surface area contributed by atoms with Crippen LogP contribution in [0, 0.1) is 0 Å². The van der Waals surface area contributed by atoms with Crippen molar-refractivity contribution >= 4 is 29.9 Å². The highest BCUT2D eigenvalue weighted by Crippen LogP contribution is 2.21. The van der Waals surface area contributed by atoms with Crippen molar-refractivity contribution in [2.45, 2.75) is 38.9 Å². The summed E-state index contributed by atoms with van der Waals surface area (Å²) in [6.45, 7) is 9.18. The summed E-state index contributed by atoms with van der Waals surface area (Å²) in [6, 6.07) is 0. The topological polar surface area (TPSA) is 74.9 Å². The van der Waals surface area contributed by atoms with Crippen LogP contribution >= 0.6 is 24.0 Å². The van der Waals surface area contributed by atoms with Crippen LogP contribution in [0.15, 0.2) is 17.4 Å². The third-order valence-electron chi connectivity index (χ3n) is 4.13. The highest BCUT2D eigenvalue weighted by molar-refractivity contribution is 14.0. The first kappa shape index (κ1) is 21.2. The van der Waals surface area contributed by atoms with E-state index in [-0.39, 0.29) is 30.1 Å². The molecule has 0 radical (unpaired) electrons. The molecule has 24 heavy (non-hydrogen) atoms. The number of nitrogens with one attached hydrogen (secondary N) is 1. The number of rotatable bonds is 5. The summed E-state index contributed by atoms with van der Waals surface area (Å²) in [4.78, 5) is 6.81. The summed E-state index contributed by atoms with van der Waals surface area (Å²) < 4.78 is 7.66. The first-order chi connectivity index (χ1) is 10.9. The highest BCUT2D eigenvalue weighted by Gasteiger charge is 2.26. The van der Waals surface area contributed by atoms with E-state index in [2.05, 4.69) is 20.3 Å². The molecule has 0 bridgehead atoms. The van der Waals surface area contributed by atoms with Crippen LogP contribution in [0.25, 0.3) is 0 Å². The van der Waals surface area contributed by atoms with Crippen molar-refractivity contribution in [3.05, 3.63) is 18.0 Å². The molecule has 0 aliphatic carbocycles. The normalized spacial score (nSPS) is 21.1. The molecule has 8 heteroatoms. The maximum Gasteiger partial charge on any atom is 0.194 e. The van der Waals surface area contributed by atoms with Crippen molar-refractivity contribution in [1.82, 2.24) is 20.0 Å². The van der Waals surface area contributed by atoms with Gasteiger partial charge in [0, 0.05) is 31.9 Å². The lowest BCUT2D eigenvalue weighted by Crippen LogP contribution is -2.48. The third-order valence-corrected chi connectivity index (χ3v) is 4.13. The summed E-state index contributed by atoms with van der Waals surface area (Å²) in [5.74, 6) is 0.832. The fourth-order valence-corrected chi connectivity index (χ4v) is 2.43. The first-order valence-electron chi connectivity index (χ1n) is 8.31. The molecular weight excluding hydrogens is 421 g/mol. The molecule has 138 valence electrons. The number of morpholine rings is 1. The van der Waals surface area contributed by atoms with Gasteiger partial charge in [0.2, 0.25) is 0 Å². The molecule has 0 amide bonds. The molecule has 0 aromatic carbocycles. The third kappa shape index (κ3) is 5.89. The van der Waals surface area contributed by atoms with Crippen molar-refractivity contribution in [2.24, 2.45) is 12.0 Å². The Hall–Kier alpha value is -0.870. The molecule has 0 saturated carbocycles. The minimum atomic E-state index is -0.768. The molecule has 1 aliphatic heterocycles. The zero-order valence-corrected chi connectivity index (χ0v) is 17.4. The van der Waals surface area contributed by atoms with Crippen molar-refractivity contribution in [2.75, 3.05) is 32.8 Å². The molecule has 2 atom stereocenters. The van der Waals surface area contributed by atoms with E-state index in [4.69, 9.17) is 4.74 Å². The van der Waals surface area contributed by atoms with Crippen LogP contribution in [0.3, 0.4) is 0 Å².